The number of carboxylic acid groups (broad SMARTS) is 2. The fourth-order valence-corrected chi connectivity index (χ4v) is 9.14. The summed E-state index contributed by atoms with van der Waals surface area (Å²) in [7, 11) is 0. The van der Waals surface area contributed by atoms with Crippen molar-refractivity contribution >= 4 is 125 Å². The number of guanidine groups is 1. The van der Waals surface area contributed by atoms with Crippen molar-refractivity contribution in [1.29, 1.82) is 5.41 Å². The molecule has 86 heavy (non-hydrogen) atoms. The molecule has 1 rings (SSSR count). The molecule has 18 N–H and O–H groups in total. The number of nitrogens with two attached hydrogens (primary N) is 2. The lowest BCUT2D eigenvalue weighted by Gasteiger charge is -2.28. The van der Waals surface area contributed by atoms with Gasteiger partial charge in [-0.2, -0.15) is 36.2 Å². The number of thiol groups is 1. The molecule has 0 aromatic heterocycles. The van der Waals surface area contributed by atoms with Crippen LogP contribution in [-0.2, 0) is 73.4 Å². The Morgan fingerprint density at radius 1 is 0.558 bits per heavy atom. The van der Waals surface area contributed by atoms with Crippen LogP contribution in [-0.4, -0.2) is 221 Å². The summed E-state index contributed by atoms with van der Waals surface area (Å²) < 4.78 is 9.56. The highest BCUT2D eigenvalue weighted by atomic mass is 35.5. The van der Waals surface area contributed by atoms with Gasteiger partial charge in [-0.05, 0) is 18.4 Å². The Morgan fingerprint density at radius 3 is 1.48 bits per heavy atom. The van der Waals surface area contributed by atoms with Crippen LogP contribution in [0, 0.1) is 5.41 Å². The number of aliphatic carboxylic acids is 2. The van der Waals surface area contributed by atoms with Crippen molar-refractivity contribution in [3.63, 3.8) is 0 Å². The highest BCUT2D eigenvalue weighted by molar-refractivity contribution is 8.00. The molecule has 0 spiro atoms. The van der Waals surface area contributed by atoms with E-state index in [4.69, 9.17) is 38.0 Å². The smallest absolute Gasteiger partial charge is 0.305 e. The van der Waals surface area contributed by atoms with Gasteiger partial charge in [-0.3, -0.25) is 62.9 Å². The first-order chi connectivity index (χ1) is 40.4. The molecule has 0 bridgehead atoms. The van der Waals surface area contributed by atoms with Crippen molar-refractivity contribution in [2.75, 3.05) is 82.3 Å². The van der Waals surface area contributed by atoms with Crippen molar-refractivity contribution in [2.45, 2.75) is 125 Å². The quantitative estimate of drug-likeness (QED) is 0.00989. The van der Waals surface area contributed by atoms with Crippen LogP contribution in [0.1, 0.15) is 72.8 Å². The summed E-state index contributed by atoms with van der Waals surface area (Å²) in [5.41, 5.74) is 11.3. The minimum atomic E-state index is -1.87. The molecule has 7 atom stereocenters. The summed E-state index contributed by atoms with van der Waals surface area (Å²) in [4.78, 5) is 159. The number of carbonyl (C=O) groups excluding carboxylic acids is 10. The van der Waals surface area contributed by atoms with Gasteiger partial charge in [0.2, 0.25) is 59.1 Å². The Kier molecular flexibility index (Phi) is 37.3. The van der Waals surface area contributed by atoms with Gasteiger partial charge < -0.3 is 89.6 Å². The van der Waals surface area contributed by atoms with Crippen molar-refractivity contribution < 1.29 is 77.2 Å². The number of thioether (sulfide) groups is 2. The zero-order chi connectivity index (χ0) is 65.0. The predicted molar refractivity (Wildman–Crippen MR) is 326 cm³/mol. The molecule has 1 aromatic carbocycles. The van der Waals surface area contributed by atoms with E-state index in [1.54, 1.807) is 30.3 Å². The van der Waals surface area contributed by atoms with E-state index in [0.29, 0.717) is 25.3 Å². The van der Waals surface area contributed by atoms with Gasteiger partial charge in [0.25, 0.3) is 0 Å². The number of hydrogen-bond acceptors (Lipinski definition) is 19. The lowest BCUT2D eigenvalue weighted by Crippen LogP contribution is -2.60. The maximum Gasteiger partial charge on any atom is 0.305 e. The average Bonchev–Trinajstić information content (AvgIpc) is 3.18. The molecule has 34 heteroatoms. The van der Waals surface area contributed by atoms with E-state index in [1.165, 1.54) is 23.5 Å². The second kappa shape index (κ2) is 41.4. The molecule has 30 nitrogen and oxygen atoms in total. The molecule has 0 saturated heterocycles. The SMILES string of the molecule is CC(C)(C)SC[C@H](NC(=O)[C@H](CC(=O)O)NC(=O)CCl)C(=O)N[C@@H](CCCNC(=N)N)C(=O)NCC(=O)N[C@@H](CC(=O)O)C(=O)N[C@@H](CSC(C)(C)C)C(=O)N[C@@H](Cc1ccccc1)C(=O)N[C@@H](CS)C(=O)NCC(=O)NCCOCCOCCN. The van der Waals surface area contributed by atoms with Crippen molar-refractivity contribution in [3.05, 3.63) is 35.9 Å². The van der Waals surface area contributed by atoms with E-state index in [9.17, 15) is 67.7 Å². The third-order valence-corrected chi connectivity index (χ3v) is 14.6. The van der Waals surface area contributed by atoms with Crippen LogP contribution in [0.3, 0.4) is 0 Å². The van der Waals surface area contributed by atoms with Gasteiger partial charge in [0.1, 0.15) is 48.2 Å². The Bertz CT molecular complexity index is 2430. The molecule has 484 valence electrons. The lowest BCUT2D eigenvalue weighted by atomic mass is 10.0. The Hall–Kier alpha value is -6.65. The van der Waals surface area contributed by atoms with Gasteiger partial charge >= 0.3 is 11.9 Å². The average molecular weight is 1290 g/mol. The summed E-state index contributed by atoms with van der Waals surface area (Å²) in [5.74, 6) is -13.7. The highest BCUT2D eigenvalue weighted by Gasteiger charge is 2.35. The number of hydrogen-bond donors (Lipinski definition) is 17. The van der Waals surface area contributed by atoms with Crippen LogP contribution in [0.25, 0.3) is 0 Å². The van der Waals surface area contributed by atoms with Gasteiger partial charge in [0.05, 0.1) is 52.4 Å². The number of benzene rings is 1. The molecule has 0 aliphatic heterocycles. The van der Waals surface area contributed by atoms with Crippen LogP contribution < -0.4 is 70.0 Å². The summed E-state index contributed by atoms with van der Waals surface area (Å²) in [5, 5.41) is 53.7. The van der Waals surface area contributed by atoms with Crippen LogP contribution in [0.5, 0.6) is 0 Å². The minimum absolute atomic E-state index is 0.0387. The largest absolute Gasteiger partial charge is 0.481 e. The van der Waals surface area contributed by atoms with Crippen LogP contribution in [0.15, 0.2) is 30.3 Å². The lowest BCUT2D eigenvalue weighted by molar-refractivity contribution is -0.141. The Balaban J connectivity index is 3.39. The first-order valence-electron chi connectivity index (χ1n) is 27.2. The summed E-state index contributed by atoms with van der Waals surface area (Å²) in [6.45, 7) is 11.2. The zero-order valence-corrected chi connectivity index (χ0v) is 52.3. The number of ether oxygens (including phenoxy) is 2. The summed E-state index contributed by atoms with van der Waals surface area (Å²) >= 11 is 12.2. The maximum atomic E-state index is 14.3. The molecule has 0 fully saturated rings. The molecule has 0 heterocycles. The Morgan fingerprint density at radius 2 is 1.00 bits per heavy atom. The zero-order valence-electron chi connectivity index (χ0n) is 49.1. The number of halogens is 1. The standard InChI is InChI=1S/C52H85ClN14O16S3/c1-51(2,3)85-28-36(66-46(78)33(22-41(71)72)61-38(68)24-53)48(80)63-31(13-10-15-58-50(55)56)43(75)60-26-40(70)62-34(23-42(73)74)47(79)67-37(29-86-52(4,5)6)49(81)64-32(21-30-11-8-7-9-12-30)45(77)65-35(27-84)44(76)59-25-39(69)57-16-18-83-20-19-82-17-14-54/h7-9,11-12,31-37,84H,10,13-29,54H2,1-6H3,(H,57,69)(H,59,76)(H,60,75)(H,61,68)(H,62,70)(H,63,80)(H,64,81)(H,65,77)(H,66,78)(H,67,79)(H,71,72)(H,73,74)(H4,55,56,58)/t31-,32-,33-,34-,35-,36-,37-/m0/s1. The van der Waals surface area contributed by atoms with Crippen molar-refractivity contribution in [2.24, 2.45) is 11.5 Å². The van der Waals surface area contributed by atoms with Gasteiger partial charge in [-0.1, -0.05) is 71.9 Å². The number of alkyl halides is 1. The molecule has 1 aromatic rings. The van der Waals surface area contributed by atoms with E-state index in [1.807, 2.05) is 41.5 Å². The number of nitrogens with one attached hydrogen (secondary N) is 12. The van der Waals surface area contributed by atoms with E-state index >= 15 is 0 Å². The second-order valence-electron chi connectivity index (χ2n) is 20.9. The molecule has 0 unspecified atom stereocenters. The number of amides is 10. The first-order valence-corrected chi connectivity index (χ1v) is 30.3. The van der Waals surface area contributed by atoms with Gasteiger partial charge in [-0.15, -0.1) is 11.6 Å². The maximum absolute atomic E-state index is 14.3. The topological polar surface area (TPSA) is 472 Å². The molecular formula is C52H85ClN14O16S3. The summed E-state index contributed by atoms with van der Waals surface area (Å²) in [6.07, 6.45) is -2.10. The van der Waals surface area contributed by atoms with Gasteiger partial charge in [0.15, 0.2) is 5.96 Å². The van der Waals surface area contributed by atoms with Gasteiger partial charge in [-0.25, -0.2) is 0 Å². The monoisotopic (exact) mass is 1290 g/mol. The molecule has 0 saturated carbocycles. The molecular weight excluding hydrogens is 1210 g/mol. The van der Waals surface area contributed by atoms with Gasteiger partial charge in [0, 0.05) is 52.8 Å². The van der Waals surface area contributed by atoms with E-state index in [-0.39, 0.29) is 62.8 Å². The first kappa shape index (κ1) is 77.4. The highest BCUT2D eigenvalue weighted by Crippen LogP contribution is 2.25. The molecule has 0 radical (unpaired) electrons. The van der Waals surface area contributed by atoms with E-state index in [2.05, 4.69) is 71.1 Å². The molecule has 10 amide bonds. The number of rotatable bonds is 42. The van der Waals surface area contributed by atoms with E-state index < -0.39 is 161 Å². The number of carboxylic acids is 2. The fraction of sp³-hybridized carbons (Fsp3) is 0.635. The molecule has 0 aliphatic carbocycles. The van der Waals surface area contributed by atoms with Crippen molar-refractivity contribution in [3.8, 4) is 0 Å². The third kappa shape index (κ3) is 35.7. The minimum Gasteiger partial charge on any atom is -0.481 e. The van der Waals surface area contributed by atoms with Crippen LogP contribution in [0.2, 0.25) is 0 Å². The predicted octanol–water partition coefficient (Wildman–Crippen LogP) is -3.59. The number of carbonyl (C=O) groups is 12. The van der Waals surface area contributed by atoms with E-state index in [0.717, 1.165) is 0 Å². The fourth-order valence-electron chi connectivity index (χ4n) is 7.00. The molecule has 0 aliphatic rings. The van der Waals surface area contributed by atoms with Crippen LogP contribution in [0.4, 0.5) is 0 Å². The Labute approximate surface area is 518 Å². The normalized spacial score (nSPS) is 13.7. The second-order valence-corrected chi connectivity index (χ2v) is 25.2. The van der Waals surface area contributed by atoms with Crippen LogP contribution >= 0.6 is 47.8 Å². The third-order valence-electron chi connectivity index (χ3n) is 11.2. The summed E-state index contributed by atoms with van der Waals surface area (Å²) in [6, 6.07) is -2.16. The van der Waals surface area contributed by atoms with Crippen molar-refractivity contribution in [1.82, 2.24) is 58.5 Å².